The van der Waals surface area contributed by atoms with Crippen molar-refractivity contribution in [3.8, 4) is 5.75 Å². The van der Waals surface area contributed by atoms with Crippen molar-refractivity contribution >= 4 is 11.6 Å². The van der Waals surface area contributed by atoms with Crippen LogP contribution in [-0.2, 0) is 9.53 Å². The van der Waals surface area contributed by atoms with Gasteiger partial charge in [-0.3, -0.25) is 4.79 Å². The summed E-state index contributed by atoms with van der Waals surface area (Å²) >= 11 is 0. The fraction of sp³-hybridized carbons (Fsp3) is 0.720. The van der Waals surface area contributed by atoms with Crippen molar-refractivity contribution in [1.82, 2.24) is 4.90 Å². The zero-order chi connectivity index (χ0) is 21.8. The van der Waals surface area contributed by atoms with Crippen molar-refractivity contribution in [3.05, 3.63) is 24.3 Å². The molecule has 0 unspecified atom stereocenters. The number of unbranched alkanes of at least 4 members (excludes halogenated alkanes) is 1. The number of hydrogen-bond acceptors (Lipinski definition) is 4. The quantitative estimate of drug-likeness (QED) is 0.421. The Labute approximate surface area is 183 Å². The predicted octanol–water partition coefficient (Wildman–Crippen LogP) is 5.64. The SMILES string of the molecule is CCCC[C@@](C)(OCCC)C(=O)Nc1ccc(OCCCN2CCCC[C@H]2C)cc1. The van der Waals surface area contributed by atoms with E-state index in [2.05, 4.69) is 31.0 Å². The standard InChI is InChI=1S/C25H42N2O3/c1-5-7-16-25(4,30-19-6-2)24(28)26-22-12-14-23(15-13-22)29-20-10-18-27-17-9-8-11-21(27)3/h12-15,21H,5-11,16-20H2,1-4H3,(H,26,28)/t21-,25-/m1/s1. The van der Waals surface area contributed by atoms with Gasteiger partial charge in [0.1, 0.15) is 11.4 Å². The summed E-state index contributed by atoms with van der Waals surface area (Å²) in [5.74, 6) is 0.768. The first-order chi connectivity index (χ1) is 14.5. The summed E-state index contributed by atoms with van der Waals surface area (Å²) in [5, 5.41) is 3.02. The van der Waals surface area contributed by atoms with Gasteiger partial charge in [-0.2, -0.15) is 0 Å². The molecule has 0 radical (unpaired) electrons. The Bertz CT molecular complexity index is 609. The maximum Gasteiger partial charge on any atom is 0.256 e. The molecule has 0 spiro atoms. The molecule has 2 atom stereocenters. The number of carbonyl (C=O) groups excluding carboxylic acids is 1. The average molecular weight is 419 g/mol. The van der Waals surface area contributed by atoms with Gasteiger partial charge in [-0.05, 0) is 76.8 Å². The Morgan fingerprint density at radius 1 is 1.13 bits per heavy atom. The number of nitrogens with zero attached hydrogens (tertiary/aromatic N) is 1. The van der Waals surface area contributed by atoms with Crippen LogP contribution in [0.15, 0.2) is 24.3 Å². The molecule has 1 saturated heterocycles. The maximum atomic E-state index is 12.8. The van der Waals surface area contributed by atoms with E-state index >= 15 is 0 Å². The molecule has 5 heteroatoms. The normalized spacial score (nSPS) is 19.3. The van der Waals surface area contributed by atoms with Gasteiger partial charge in [0.2, 0.25) is 0 Å². The summed E-state index contributed by atoms with van der Waals surface area (Å²) in [6.45, 7) is 12.0. The highest BCUT2D eigenvalue weighted by Gasteiger charge is 2.33. The second-order valence-electron chi connectivity index (χ2n) is 8.74. The van der Waals surface area contributed by atoms with Gasteiger partial charge in [0.25, 0.3) is 5.91 Å². The van der Waals surface area contributed by atoms with Crippen LogP contribution in [0, 0.1) is 0 Å². The first-order valence-electron chi connectivity index (χ1n) is 11.9. The lowest BCUT2D eigenvalue weighted by Gasteiger charge is -2.33. The van der Waals surface area contributed by atoms with E-state index in [1.165, 1.54) is 25.8 Å². The highest BCUT2D eigenvalue weighted by molar-refractivity contribution is 5.97. The molecule has 2 rings (SSSR count). The van der Waals surface area contributed by atoms with Crippen LogP contribution < -0.4 is 10.1 Å². The zero-order valence-electron chi connectivity index (χ0n) is 19.5. The Hall–Kier alpha value is -1.59. The minimum Gasteiger partial charge on any atom is -0.494 e. The fourth-order valence-electron chi connectivity index (χ4n) is 3.94. The van der Waals surface area contributed by atoms with Gasteiger partial charge in [-0.15, -0.1) is 0 Å². The Morgan fingerprint density at radius 3 is 2.57 bits per heavy atom. The van der Waals surface area contributed by atoms with Gasteiger partial charge in [0.15, 0.2) is 0 Å². The number of piperidine rings is 1. The lowest BCUT2D eigenvalue weighted by Crippen LogP contribution is -2.43. The molecular formula is C25H42N2O3. The molecule has 1 aromatic rings. The number of amides is 1. The molecule has 0 bridgehead atoms. The molecule has 0 saturated carbocycles. The van der Waals surface area contributed by atoms with E-state index in [0.29, 0.717) is 12.6 Å². The fourth-order valence-corrected chi connectivity index (χ4v) is 3.94. The van der Waals surface area contributed by atoms with Gasteiger partial charge in [-0.25, -0.2) is 0 Å². The number of nitrogens with one attached hydrogen (secondary N) is 1. The van der Waals surface area contributed by atoms with E-state index in [4.69, 9.17) is 9.47 Å². The van der Waals surface area contributed by atoms with Crippen molar-refractivity contribution in [2.75, 3.05) is 31.6 Å². The van der Waals surface area contributed by atoms with Crippen molar-refractivity contribution in [1.29, 1.82) is 0 Å². The third-order valence-electron chi connectivity index (χ3n) is 6.02. The van der Waals surface area contributed by atoms with Crippen LogP contribution in [0.1, 0.15) is 79.1 Å². The molecule has 1 aliphatic heterocycles. The second-order valence-corrected chi connectivity index (χ2v) is 8.74. The minimum atomic E-state index is -0.785. The lowest BCUT2D eigenvalue weighted by atomic mass is 9.97. The van der Waals surface area contributed by atoms with Crippen LogP contribution in [0.2, 0.25) is 0 Å². The first-order valence-corrected chi connectivity index (χ1v) is 11.9. The number of anilines is 1. The number of likely N-dealkylation sites (tertiary alicyclic amines) is 1. The average Bonchev–Trinajstić information content (AvgIpc) is 2.76. The van der Waals surface area contributed by atoms with Crippen LogP contribution in [0.5, 0.6) is 5.75 Å². The highest BCUT2D eigenvalue weighted by atomic mass is 16.5. The summed E-state index contributed by atoms with van der Waals surface area (Å²) in [4.78, 5) is 15.4. The molecule has 1 aromatic carbocycles. The Kier molecular flexibility index (Phi) is 10.7. The highest BCUT2D eigenvalue weighted by Crippen LogP contribution is 2.23. The number of benzene rings is 1. The largest absolute Gasteiger partial charge is 0.494 e. The number of carbonyl (C=O) groups is 1. The molecule has 30 heavy (non-hydrogen) atoms. The topological polar surface area (TPSA) is 50.8 Å². The Balaban J connectivity index is 1.78. The van der Waals surface area contributed by atoms with Crippen molar-refractivity contribution in [2.45, 2.75) is 90.7 Å². The van der Waals surface area contributed by atoms with Crippen LogP contribution in [0.3, 0.4) is 0 Å². The van der Waals surface area contributed by atoms with Gasteiger partial charge in [0.05, 0.1) is 6.61 Å². The van der Waals surface area contributed by atoms with Crippen LogP contribution in [0.25, 0.3) is 0 Å². The van der Waals surface area contributed by atoms with Gasteiger partial charge in [0, 0.05) is 24.9 Å². The zero-order valence-corrected chi connectivity index (χ0v) is 19.5. The molecular weight excluding hydrogens is 376 g/mol. The molecule has 1 amide bonds. The van der Waals surface area contributed by atoms with E-state index in [9.17, 15) is 4.79 Å². The van der Waals surface area contributed by atoms with Crippen molar-refractivity contribution < 1.29 is 14.3 Å². The summed E-state index contributed by atoms with van der Waals surface area (Å²) in [5.41, 5.74) is -0.00965. The van der Waals surface area contributed by atoms with Crippen molar-refractivity contribution in [3.63, 3.8) is 0 Å². The van der Waals surface area contributed by atoms with Crippen LogP contribution in [0.4, 0.5) is 5.69 Å². The summed E-state index contributed by atoms with van der Waals surface area (Å²) in [7, 11) is 0. The molecule has 1 N–H and O–H groups in total. The van der Waals surface area contributed by atoms with Gasteiger partial charge in [-0.1, -0.05) is 33.1 Å². The summed E-state index contributed by atoms with van der Waals surface area (Å²) < 4.78 is 11.8. The van der Waals surface area contributed by atoms with E-state index in [-0.39, 0.29) is 5.91 Å². The van der Waals surface area contributed by atoms with E-state index in [1.807, 2.05) is 31.2 Å². The second kappa shape index (κ2) is 13.0. The first kappa shape index (κ1) is 24.7. The molecule has 5 nitrogen and oxygen atoms in total. The third kappa shape index (κ3) is 7.92. The molecule has 1 aliphatic rings. The molecule has 1 heterocycles. The summed E-state index contributed by atoms with van der Waals surface area (Å²) in [6.07, 6.45) is 8.67. The van der Waals surface area contributed by atoms with Gasteiger partial charge < -0.3 is 19.7 Å². The van der Waals surface area contributed by atoms with Crippen molar-refractivity contribution in [2.24, 2.45) is 0 Å². The van der Waals surface area contributed by atoms with Gasteiger partial charge >= 0.3 is 0 Å². The number of hydrogen-bond donors (Lipinski definition) is 1. The lowest BCUT2D eigenvalue weighted by molar-refractivity contribution is -0.140. The minimum absolute atomic E-state index is 0.0753. The van der Waals surface area contributed by atoms with Crippen LogP contribution in [-0.4, -0.2) is 48.8 Å². The Morgan fingerprint density at radius 2 is 1.90 bits per heavy atom. The number of ether oxygens (including phenoxy) is 2. The molecule has 170 valence electrons. The smallest absolute Gasteiger partial charge is 0.256 e. The molecule has 1 fully saturated rings. The third-order valence-corrected chi connectivity index (χ3v) is 6.02. The molecule has 0 aromatic heterocycles. The van der Waals surface area contributed by atoms with Crippen LogP contribution >= 0.6 is 0 Å². The predicted molar refractivity (Wildman–Crippen MR) is 124 cm³/mol. The maximum absolute atomic E-state index is 12.8. The number of rotatable bonds is 13. The summed E-state index contributed by atoms with van der Waals surface area (Å²) in [6, 6.07) is 8.36. The monoisotopic (exact) mass is 418 g/mol. The van der Waals surface area contributed by atoms with E-state index in [0.717, 1.165) is 56.7 Å². The van der Waals surface area contributed by atoms with E-state index in [1.54, 1.807) is 0 Å². The van der Waals surface area contributed by atoms with E-state index < -0.39 is 5.60 Å². The molecule has 0 aliphatic carbocycles.